The lowest BCUT2D eigenvalue weighted by molar-refractivity contribution is -0.117. The molecule has 1 amide bonds. The van der Waals surface area contributed by atoms with Crippen molar-refractivity contribution < 1.29 is 14.3 Å². The molecule has 0 aliphatic carbocycles. The molecule has 2 atom stereocenters. The average molecular weight is 376 g/mol. The molecule has 0 spiro atoms. The van der Waals surface area contributed by atoms with Gasteiger partial charge in [0.2, 0.25) is 0 Å². The van der Waals surface area contributed by atoms with Crippen molar-refractivity contribution in [1.82, 2.24) is 5.32 Å². The van der Waals surface area contributed by atoms with Crippen LogP contribution < -0.4 is 14.8 Å². The summed E-state index contributed by atoms with van der Waals surface area (Å²) in [6.07, 6.45) is 2.48. The molecule has 2 aromatic carbocycles. The van der Waals surface area contributed by atoms with E-state index in [1.165, 1.54) is 0 Å². The Balaban J connectivity index is 1.87. The summed E-state index contributed by atoms with van der Waals surface area (Å²) in [6, 6.07) is 15.2. The van der Waals surface area contributed by atoms with Crippen LogP contribution in [0.2, 0.25) is 0 Å². The molecular formula is C23H24N2O3. The van der Waals surface area contributed by atoms with Crippen LogP contribution in [0.5, 0.6) is 11.5 Å². The largest absolute Gasteiger partial charge is 0.493 e. The van der Waals surface area contributed by atoms with Gasteiger partial charge in [-0.15, -0.1) is 0 Å². The van der Waals surface area contributed by atoms with Crippen LogP contribution in [0.4, 0.5) is 0 Å². The highest BCUT2D eigenvalue weighted by Gasteiger charge is 2.22. The predicted molar refractivity (Wildman–Crippen MR) is 108 cm³/mol. The zero-order valence-corrected chi connectivity index (χ0v) is 16.4. The van der Waals surface area contributed by atoms with Crippen molar-refractivity contribution in [2.24, 2.45) is 0 Å². The Morgan fingerprint density at radius 3 is 2.82 bits per heavy atom. The molecule has 1 aliphatic heterocycles. The molecule has 0 aromatic heterocycles. The first-order valence-corrected chi connectivity index (χ1v) is 9.45. The minimum absolute atomic E-state index is 0.0229. The lowest BCUT2D eigenvalue weighted by Crippen LogP contribution is -2.27. The van der Waals surface area contributed by atoms with Crippen LogP contribution in [-0.2, 0) is 11.2 Å². The fraction of sp³-hybridized carbons (Fsp3) is 0.304. The molecule has 1 aliphatic rings. The highest BCUT2D eigenvalue weighted by Crippen LogP contribution is 2.36. The molecule has 0 bridgehead atoms. The van der Waals surface area contributed by atoms with Crippen LogP contribution in [0, 0.1) is 11.3 Å². The maximum Gasteiger partial charge on any atom is 0.262 e. The van der Waals surface area contributed by atoms with Gasteiger partial charge < -0.3 is 14.8 Å². The SMILES string of the molecule is CCOc1cc2c(cc1/C=C(\C#N)C(=O)N[C@H](C)c1ccccc1)O[C@H](C)C2. The van der Waals surface area contributed by atoms with Crippen molar-refractivity contribution in [1.29, 1.82) is 5.26 Å². The summed E-state index contributed by atoms with van der Waals surface area (Å²) < 4.78 is 11.5. The Kier molecular flexibility index (Phi) is 6.00. The van der Waals surface area contributed by atoms with Gasteiger partial charge >= 0.3 is 0 Å². The summed E-state index contributed by atoms with van der Waals surface area (Å²) in [5.74, 6) is 1.00. The number of fused-ring (bicyclic) bond motifs is 1. The second-order valence-corrected chi connectivity index (χ2v) is 6.84. The number of hydrogen-bond donors (Lipinski definition) is 1. The Labute approximate surface area is 165 Å². The topological polar surface area (TPSA) is 71.3 Å². The number of benzene rings is 2. The number of nitriles is 1. The van der Waals surface area contributed by atoms with Crippen molar-refractivity contribution in [3.8, 4) is 17.6 Å². The van der Waals surface area contributed by atoms with Gasteiger partial charge in [0, 0.05) is 17.5 Å². The van der Waals surface area contributed by atoms with E-state index in [-0.39, 0.29) is 17.7 Å². The number of carbonyl (C=O) groups is 1. The van der Waals surface area contributed by atoms with Gasteiger partial charge in [0.1, 0.15) is 29.2 Å². The lowest BCUT2D eigenvalue weighted by atomic mass is 10.0. The molecular weight excluding hydrogens is 352 g/mol. The first kappa shape index (κ1) is 19.5. The zero-order valence-electron chi connectivity index (χ0n) is 16.4. The monoisotopic (exact) mass is 376 g/mol. The van der Waals surface area contributed by atoms with Crippen LogP contribution >= 0.6 is 0 Å². The van der Waals surface area contributed by atoms with Gasteiger partial charge in [-0.25, -0.2) is 0 Å². The van der Waals surface area contributed by atoms with Gasteiger partial charge in [0.15, 0.2) is 0 Å². The number of ether oxygens (including phenoxy) is 2. The summed E-state index contributed by atoms with van der Waals surface area (Å²) in [6.45, 7) is 6.29. The van der Waals surface area contributed by atoms with E-state index in [1.54, 1.807) is 6.08 Å². The van der Waals surface area contributed by atoms with E-state index in [2.05, 4.69) is 5.32 Å². The Bertz CT molecular complexity index is 929. The molecule has 0 saturated heterocycles. The zero-order chi connectivity index (χ0) is 20.1. The molecule has 0 fully saturated rings. The van der Waals surface area contributed by atoms with Crippen LogP contribution in [0.25, 0.3) is 6.08 Å². The predicted octanol–water partition coefficient (Wildman–Crippen LogP) is 4.19. The summed E-state index contributed by atoms with van der Waals surface area (Å²) >= 11 is 0. The van der Waals surface area contributed by atoms with Crippen molar-refractivity contribution in [3.63, 3.8) is 0 Å². The van der Waals surface area contributed by atoms with E-state index >= 15 is 0 Å². The average Bonchev–Trinajstić information content (AvgIpc) is 3.05. The van der Waals surface area contributed by atoms with Crippen molar-refractivity contribution in [2.75, 3.05) is 6.61 Å². The van der Waals surface area contributed by atoms with E-state index in [4.69, 9.17) is 9.47 Å². The molecule has 1 heterocycles. The maximum absolute atomic E-state index is 12.6. The van der Waals surface area contributed by atoms with E-state index in [9.17, 15) is 10.1 Å². The molecule has 5 heteroatoms. The fourth-order valence-corrected chi connectivity index (χ4v) is 3.25. The highest BCUT2D eigenvalue weighted by molar-refractivity contribution is 6.02. The highest BCUT2D eigenvalue weighted by atomic mass is 16.5. The summed E-state index contributed by atoms with van der Waals surface area (Å²) in [5, 5.41) is 12.4. The van der Waals surface area contributed by atoms with Gasteiger partial charge in [-0.05, 0) is 44.5 Å². The number of nitrogens with zero attached hydrogens (tertiary/aromatic N) is 1. The van der Waals surface area contributed by atoms with E-state index in [0.29, 0.717) is 17.9 Å². The van der Waals surface area contributed by atoms with Crippen LogP contribution in [0.3, 0.4) is 0 Å². The van der Waals surface area contributed by atoms with Crippen molar-refractivity contribution in [3.05, 3.63) is 64.7 Å². The quantitative estimate of drug-likeness (QED) is 0.606. The first-order chi connectivity index (χ1) is 13.5. The number of rotatable bonds is 6. The first-order valence-electron chi connectivity index (χ1n) is 9.45. The third kappa shape index (κ3) is 4.34. The minimum Gasteiger partial charge on any atom is -0.493 e. The molecule has 5 nitrogen and oxygen atoms in total. The summed E-state index contributed by atoms with van der Waals surface area (Å²) in [4.78, 5) is 12.6. The molecule has 144 valence electrons. The molecule has 1 N–H and O–H groups in total. The number of nitrogens with one attached hydrogen (secondary N) is 1. The van der Waals surface area contributed by atoms with E-state index in [1.807, 2.05) is 69.3 Å². The smallest absolute Gasteiger partial charge is 0.262 e. The molecule has 2 aromatic rings. The molecule has 0 unspecified atom stereocenters. The van der Waals surface area contributed by atoms with Crippen LogP contribution in [-0.4, -0.2) is 18.6 Å². The molecule has 3 rings (SSSR count). The van der Waals surface area contributed by atoms with Gasteiger partial charge in [0.25, 0.3) is 5.91 Å². The van der Waals surface area contributed by atoms with Gasteiger partial charge in [-0.1, -0.05) is 30.3 Å². The fourth-order valence-electron chi connectivity index (χ4n) is 3.25. The van der Waals surface area contributed by atoms with Crippen molar-refractivity contribution in [2.45, 2.75) is 39.3 Å². The summed E-state index contributed by atoms with van der Waals surface area (Å²) in [5.41, 5.74) is 2.74. The third-order valence-electron chi connectivity index (χ3n) is 4.64. The van der Waals surface area contributed by atoms with Gasteiger partial charge in [0.05, 0.1) is 12.6 Å². The third-order valence-corrected chi connectivity index (χ3v) is 4.64. The molecule has 0 radical (unpaired) electrons. The van der Waals surface area contributed by atoms with E-state index < -0.39 is 5.91 Å². The Morgan fingerprint density at radius 2 is 2.14 bits per heavy atom. The summed E-state index contributed by atoms with van der Waals surface area (Å²) in [7, 11) is 0. The minimum atomic E-state index is -0.420. The standard InChI is InChI=1S/C23H24N2O3/c1-4-27-21-12-18-10-15(2)28-22(18)13-19(21)11-20(14-24)23(26)25-16(3)17-8-6-5-7-9-17/h5-9,11-13,15-16H,4,10H2,1-3H3,(H,25,26)/b20-11+/t15-,16-/m1/s1. The van der Waals surface area contributed by atoms with Crippen LogP contribution in [0.1, 0.15) is 43.5 Å². The maximum atomic E-state index is 12.6. The molecule has 28 heavy (non-hydrogen) atoms. The number of hydrogen-bond acceptors (Lipinski definition) is 4. The number of amides is 1. The number of carbonyl (C=O) groups excluding carboxylic acids is 1. The molecule has 0 saturated carbocycles. The van der Waals surface area contributed by atoms with Gasteiger partial charge in [-0.2, -0.15) is 5.26 Å². The Morgan fingerprint density at radius 1 is 1.39 bits per heavy atom. The van der Waals surface area contributed by atoms with E-state index in [0.717, 1.165) is 23.3 Å². The normalized spacial score (nSPS) is 16.5. The second-order valence-electron chi connectivity index (χ2n) is 6.84. The lowest BCUT2D eigenvalue weighted by Gasteiger charge is -2.14. The van der Waals surface area contributed by atoms with Crippen LogP contribution in [0.15, 0.2) is 48.0 Å². The Hall–Kier alpha value is -3.26. The van der Waals surface area contributed by atoms with Gasteiger partial charge in [-0.3, -0.25) is 4.79 Å². The van der Waals surface area contributed by atoms with Crippen molar-refractivity contribution >= 4 is 12.0 Å². The second kappa shape index (κ2) is 8.62.